The summed E-state index contributed by atoms with van der Waals surface area (Å²) in [5.74, 6) is -2.06. The molecular weight excluding hydrogens is 254 g/mol. The van der Waals surface area contributed by atoms with Gasteiger partial charge in [0.25, 0.3) is 0 Å². The van der Waals surface area contributed by atoms with Gasteiger partial charge in [-0.25, -0.2) is 4.39 Å². The van der Waals surface area contributed by atoms with Crippen molar-refractivity contribution in [1.82, 2.24) is 5.32 Å². The lowest BCUT2D eigenvalue weighted by molar-refractivity contribution is -0.162. The van der Waals surface area contributed by atoms with Crippen LogP contribution in [0.5, 0.6) is 0 Å². The van der Waals surface area contributed by atoms with Gasteiger partial charge >= 0.3 is 12.1 Å². The molecular formula is C11H11F4NO2. The molecule has 1 aromatic rings. The molecule has 0 radical (unpaired) electrons. The Morgan fingerprint density at radius 3 is 2.17 bits per heavy atom. The molecule has 1 rings (SSSR count). The zero-order valence-corrected chi connectivity index (χ0v) is 9.33. The number of benzene rings is 1. The third-order valence-corrected chi connectivity index (χ3v) is 2.32. The average Bonchev–Trinajstić information content (AvgIpc) is 2.25. The Bertz CT molecular complexity index is 416. The normalized spacial score (nSPS) is 15.2. The molecule has 0 bridgehead atoms. The molecule has 1 aromatic carbocycles. The molecule has 0 aliphatic carbocycles. The van der Waals surface area contributed by atoms with E-state index in [4.69, 9.17) is 5.11 Å². The van der Waals surface area contributed by atoms with Gasteiger partial charge < -0.3 is 5.11 Å². The minimum atomic E-state index is -4.67. The van der Waals surface area contributed by atoms with Crippen LogP contribution in [0.4, 0.5) is 17.6 Å². The van der Waals surface area contributed by atoms with Gasteiger partial charge in [0.1, 0.15) is 17.9 Å². The predicted molar refractivity (Wildman–Crippen MR) is 55.4 cm³/mol. The molecule has 0 spiro atoms. The number of carbonyl (C=O) groups is 1. The molecule has 2 atom stereocenters. The van der Waals surface area contributed by atoms with Crippen LogP contribution in [-0.4, -0.2) is 23.3 Å². The highest BCUT2D eigenvalue weighted by atomic mass is 19.4. The maximum Gasteiger partial charge on any atom is 0.407 e. The van der Waals surface area contributed by atoms with E-state index in [1.165, 1.54) is 0 Å². The Kier molecular flexibility index (Phi) is 4.28. The number of hydrogen-bond donors (Lipinski definition) is 2. The molecule has 0 aromatic heterocycles. The van der Waals surface area contributed by atoms with Gasteiger partial charge in [-0.3, -0.25) is 10.1 Å². The molecule has 0 saturated carbocycles. The minimum Gasteiger partial charge on any atom is -0.480 e. The Labute approximate surface area is 100 Å². The zero-order chi connectivity index (χ0) is 13.9. The lowest BCUT2D eigenvalue weighted by Crippen LogP contribution is -2.43. The lowest BCUT2D eigenvalue weighted by atomic mass is 10.1. The van der Waals surface area contributed by atoms with Crippen LogP contribution < -0.4 is 5.32 Å². The van der Waals surface area contributed by atoms with Crippen LogP contribution in [0.1, 0.15) is 18.5 Å². The first-order valence-electron chi connectivity index (χ1n) is 5.03. The summed E-state index contributed by atoms with van der Waals surface area (Å²) in [6.45, 7) is 1.10. The van der Waals surface area contributed by atoms with Gasteiger partial charge in [-0.05, 0) is 24.6 Å². The fourth-order valence-electron chi connectivity index (χ4n) is 1.36. The van der Waals surface area contributed by atoms with Crippen LogP contribution in [0.2, 0.25) is 0 Å². The van der Waals surface area contributed by atoms with E-state index in [1.54, 1.807) is 0 Å². The second-order valence-electron chi connectivity index (χ2n) is 3.75. The summed E-state index contributed by atoms with van der Waals surface area (Å²) in [7, 11) is 0. The van der Waals surface area contributed by atoms with Gasteiger partial charge in [0.05, 0.1) is 0 Å². The molecule has 0 aliphatic heterocycles. The molecule has 0 unspecified atom stereocenters. The fourth-order valence-corrected chi connectivity index (χ4v) is 1.36. The Morgan fingerprint density at radius 2 is 1.78 bits per heavy atom. The molecule has 0 amide bonds. The van der Waals surface area contributed by atoms with E-state index in [1.807, 2.05) is 5.32 Å². The zero-order valence-electron chi connectivity index (χ0n) is 9.33. The Hall–Kier alpha value is -1.63. The average molecular weight is 265 g/mol. The van der Waals surface area contributed by atoms with Gasteiger partial charge in [-0.1, -0.05) is 12.1 Å². The van der Waals surface area contributed by atoms with E-state index >= 15 is 0 Å². The number of rotatable bonds is 4. The van der Waals surface area contributed by atoms with E-state index in [9.17, 15) is 22.4 Å². The SMILES string of the molecule is C[C@@H](N[C@H](c1ccc(F)cc1)C(F)(F)F)C(=O)O. The van der Waals surface area contributed by atoms with Gasteiger partial charge in [0.15, 0.2) is 0 Å². The van der Waals surface area contributed by atoms with Crippen molar-refractivity contribution in [2.45, 2.75) is 25.2 Å². The van der Waals surface area contributed by atoms with Crippen molar-refractivity contribution in [3.8, 4) is 0 Å². The van der Waals surface area contributed by atoms with Crippen LogP contribution >= 0.6 is 0 Å². The van der Waals surface area contributed by atoms with E-state index in [-0.39, 0.29) is 5.56 Å². The molecule has 0 saturated heterocycles. The smallest absolute Gasteiger partial charge is 0.407 e. The summed E-state index contributed by atoms with van der Waals surface area (Å²) in [5, 5.41) is 10.5. The maximum atomic E-state index is 12.8. The monoisotopic (exact) mass is 265 g/mol. The second kappa shape index (κ2) is 5.34. The number of carboxylic acid groups (broad SMARTS) is 1. The molecule has 0 heterocycles. The fraction of sp³-hybridized carbons (Fsp3) is 0.364. The first kappa shape index (κ1) is 14.4. The van der Waals surface area contributed by atoms with Crippen LogP contribution in [0.15, 0.2) is 24.3 Å². The summed E-state index contributed by atoms with van der Waals surface area (Å²) in [5.41, 5.74) is -0.239. The van der Waals surface area contributed by atoms with Crippen LogP contribution in [0.3, 0.4) is 0 Å². The summed E-state index contributed by atoms with van der Waals surface area (Å²) >= 11 is 0. The molecule has 2 N–H and O–H groups in total. The number of carboxylic acids is 1. The molecule has 0 fully saturated rings. The quantitative estimate of drug-likeness (QED) is 0.822. The van der Waals surface area contributed by atoms with Crippen LogP contribution in [0.25, 0.3) is 0 Å². The highest BCUT2D eigenvalue weighted by Crippen LogP contribution is 2.33. The summed E-state index contributed by atoms with van der Waals surface area (Å²) in [6.07, 6.45) is -4.67. The van der Waals surface area contributed by atoms with E-state index in [2.05, 4.69) is 0 Å². The Morgan fingerprint density at radius 1 is 1.28 bits per heavy atom. The Balaban J connectivity index is 2.99. The van der Waals surface area contributed by atoms with Crippen molar-refractivity contribution >= 4 is 5.97 Å². The molecule has 3 nitrogen and oxygen atoms in total. The number of nitrogens with one attached hydrogen (secondary N) is 1. The van der Waals surface area contributed by atoms with Gasteiger partial charge in [0, 0.05) is 0 Å². The van der Waals surface area contributed by atoms with Crippen molar-refractivity contribution in [1.29, 1.82) is 0 Å². The molecule has 100 valence electrons. The van der Waals surface area contributed by atoms with Crippen molar-refractivity contribution in [2.75, 3.05) is 0 Å². The van der Waals surface area contributed by atoms with Crippen LogP contribution in [0, 0.1) is 5.82 Å². The molecule has 0 aliphatic rings. The van der Waals surface area contributed by atoms with Crippen molar-refractivity contribution in [2.24, 2.45) is 0 Å². The highest BCUT2D eigenvalue weighted by molar-refractivity contribution is 5.72. The lowest BCUT2D eigenvalue weighted by Gasteiger charge is -2.24. The first-order chi connectivity index (χ1) is 8.21. The first-order valence-corrected chi connectivity index (χ1v) is 5.03. The molecule has 18 heavy (non-hydrogen) atoms. The number of hydrogen-bond acceptors (Lipinski definition) is 2. The topological polar surface area (TPSA) is 49.3 Å². The maximum absolute atomic E-state index is 12.8. The summed E-state index contributed by atoms with van der Waals surface area (Å²) < 4.78 is 51.0. The number of aliphatic carboxylic acids is 1. The van der Waals surface area contributed by atoms with E-state index in [0.29, 0.717) is 0 Å². The summed E-state index contributed by atoms with van der Waals surface area (Å²) in [6, 6.07) is 0.192. The molecule has 7 heteroatoms. The van der Waals surface area contributed by atoms with Gasteiger partial charge in [-0.15, -0.1) is 0 Å². The van der Waals surface area contributed by atoms with Gasteiger partial charge in [0.2, 0.25) is 0 Å². The second-order valence-corrected chi connectivity index (χ2v) is 3.75. The van der Waals surface area contributed by atoms with Crippen molar-refractivity contribution < 1.29 is 27.5 Å². The van der Waals surface area contributed by atoms with E-state index in [0.717, 1.165) is 31.2 Å². The minimum absolute atomic E-state index is 0.239. The number of alkyl halides is 3. The van der Waals surface area contributed by atoms with Crippen molar-refractivity contribution in [3.63, 3.8) is 0 Å². The standard InChI is InChI=1S/C11H11F4NO2/c1-6(10(17)18)16-9(11(13,14)15)7-2-4-8(12)5-3-7/h2-6,9,16H,1H3,(H,17,18)/t6-,9-/m1/s1. The summed E-state index contributed by atoms with van der Waals surface area (Å²) in [4.78, 5) is 10.6. The van der Waals surface area contributed by atoms with Crippen molar-refractivity contribution in [3.05, 3.63) is 35.6 Å². The predicted octanol–water partition coefficient (Wildman–Crippen LogP) is 2.49. The highest BCUT2D eigenvalue weighted by Gasteiger charge is 2.42. The van der Waals surface area contributed by atoms with Crippen LogP contribution in [-0.2, 0) is 4.79 Å². The van der Waals surface area contributed by atoms with Gasteiger partial charge in [-0.2, -0.15) is 13.2 Å². The largest absolute Gasteiger partial charge is 0.480 e. The van der Waals surface area contributed by atoms with E-state index < -0.39 is 30.0 Å². The third-order valence-electron chi connectivity index (χ3n) is 2.32. The number of halogens is 4. The third kappa shape index (κ3) is 3.69.